The summed E-state index contributed by atoms with van der Waals surface area (Å²) >= 11 is 0. The van der Waals surface area contributed by atoms with Crippen LogP contribution in [0.1, 0.15) is 37.4 Å². The molecule has 0 saturated heterocycles. The van der Waals surface area contributed by atoms with Crippen LogP contribution >= 0.6 is 0 Å². The maximum atomic E-state index is 13.4. The Morgan fingerprint density at radius 3 is 1.69 bits per heavy atom. The molecule has 0 aromatic heterocycles. The number of hydrogen-bond acceptors (Lipinski definition) is 4. The van der Waals surface area contributed by atoms with Crippen LogP contribution in [-0.4, -0.2) is 28.7 Å². The normalized spacial score (nSPS) is 13.4. The number of imide groups is 1. The summed E-state index contributed by atoms with van der Waals surface area (Å²) in [4.78, 5) is 40.6. The zero-order valence-electron chi connectivity index (χ0n) is 19.0. The summed E-state index contributed by atoms with van der Waals surface area (Å²) < 4.78 is 5.68. The van der Waals surface area contributed by atoms with E-state index in [4.69, 9.17) is 4.74 Å². The molecule has 0 aliphatic carbocycles. The maximum absolute atomic E-state index is 13.4. The average Bonchev–Trinajstić information content (AvgIpc) is 3.15. The van der Waals surface area contributed by atoms with Crippen molar-refractivity contribution in [3.8, 4) is 5.75 Å². The fourth-order valence-corrected chi connectivity index (χ4v) is 4.30. The molecular formula is C30H23NO4. The van der Waals surface area contributed by atoms with Gasteiger partial charge in [0.05, 0.1) is 11.1 Å². The Bertz CT molecular complexity index is 1330. The first-order chi connectivity index (χ1) is 17.1. The molecule has 1 aliphatic heterocycles. The van der Waals surface area contributed by atoms with Gasteiger partial charge in [-0.2, -0.15) is 0 Å². The summed E-state index contributed by atoms with van der Waals surface area (Å²) in [6.45, 7) is 0. The molecular weight excluding hydrogens is 438 g/mol. The second-order valence-corrected chi connectivity index (χ2v) is 8.46. The molecule has 0 radical (unpaired) electrons. The van der Waals surface area contributed by atoms with Gasteiger partial charge in [0.25, 0.3) is 11.8 Å². The third-order valence-electron chi connectivity index (χ3n) is 6.07. The van der Waals surface area contributed by atoms with E-state index in [2.05, 4.69) is 12.1 Å². The van der Waals surface area contributed by atoms with E-state index in [1.807, 2.05) is 60.7 Å². The minimum absolute atomic E-state index is 0.164. The minimum Gasteiger partial charge on any atom is -0.425 e. The summed E-state index contributed by atoms with van der Waals surface area (Å²) in [5.41, 5.74) is 3.69. The van der Waals surface area contributed by atoms with Gasteiger partial charge < -0.3 is 4.74 Å². The Balaban J connectivity index is 1.38. The second kappa shape index (κ2) is 9.77. The van der Waals surface area contributed by atoms with Crippen LogP contribution in [0.4, 0.5) is 0 Å². The molecule has 2 amide bonds. The largest absolute Gasteiger partial charge is 0.425 e. The molecule has 1 aliphatic rings. The minimum atomic E-state index is -1.09. The molecule has 0 bridgehead atoms. The highest BCUT2D eigenvalue weighted by Gasteiger charge is 2.43. The lowest BCUT2D eigenvalue weighted by atomic mass is 10.0. The SMILES string of the molecule is O=C(Oc1ccc(Cc2ccccc2)cc1)C(Cc1ccccc1)N1C(=O)c2ccccc2C1=O. The molecule has 4 aromatic rings. The van der Waals surface area contributed by atoms with Crippen molar-refractivity contribution in [2.24, 2.45) is 0 Å². The van der Waals surface area contributed by atoms with Crippen LogP contribution in [0.5, 0.6) is 5.75 Å². The molecule has 0 fully saturated rings. The number of rotatable bonds is 7. The molecule has 0 N–H and O–H groups in total. The predicted octanol–water partition coefficient (Wildman–Crippen LogP) is 5.09. The molecule has 0 spiro atoms. The zero-order valence-corrected chi connectivity index (χ0v) is 19.0. The number of nitrogens with zero attached hydrogens (tertiary/aromatic N) is 1. The lowest BCUT2D eigenvalue weighted by Crippen LogP contribution is -2.48. The first-order valence-electron chi connectivity index (χ1n) is 11.5. The van der Waals surface area contributed by atoms with Crippen molar-refractivity contribution in [3.63, 3.8) is 0 Å². The number of ether oxygens (including phenoxy) is 1. The van der Waals surface area contributed by atoms with E-state index in [1.54, 1.807) is 36.4 Å². The number of amides is 2. The fourth-order valence-electron chi connectivity index (χ4n) is 4.30. The van der Waals surface area contributed by atoms with Crippen molar-refractivity contribution in [1.82, 2.24) is 4.90 Å². The number of hydrogen-bond donors (Lipinski definition) is 0. The highest BCUT2D eigenvalue weighted by Crippen LogP contribution is 2.27. The predicted molar refractivity (Wildman–Crippen MR) is 132 cm³/mol. The highest BCUT2D eigenvalue weighted by atomic mass is 16.5. The smallest absolute Gasteiger partial charge is 0.335 e. The van der Waals surface area contributed by atoms with Gasteiger partial charge in [-0.1, -0.05) is 84.9 Å². The first kappa shape index (κ1) is 22.3. The molecule has 35 heavy (non-hydrogen) atoms. The van der Waals surface area contributed by atoms with Gasteiger partial charge in [0.1, 0.15) is 11.8 Å². The molecule has 0 saturated carbocycles. The molecule has 5 heteroatoms. The van der Waals surface area contributed by atoms with E-state index < -0.39 is 23.8 Å². The van der Waals surface area contributed by atoms with Crippen molar-refractivity contribution in [1.29, 1.82) is 0 Å². The van der Waals surface area contributed by atoms with Gasteiger partial charge in [-0.3, -0.25) is 14.5 Å². The van der Waals surface area contributed by atoms with Gasteiger partial charge in [-0.25, -0.2) is 4.79 Å². The van der Waals surface area contributed by atoms with Crippen LogP contribution in [0, 0.1) is 0 Å². The van der Waals surface area contributed by atoms with E-state index in [1.165, 1.54) is 5.56 Å². The summed E-state index contributed by atoms with van der Waals surface area (Å²) in [5.74, 6) is -1.26. The van der Waals surface area contributed by atoms with Crippen LogP contribution in [0.3, 0.4) is 0 Å². The quantitative estimate of drug-likeness (QED) is 0.218. The van der Waals surface area contributed by atoms with Gasteiger partial charge in [0, 0.05) is 6.42 Å². The Morgan fingerprint density at radius 2 is 1.11 bits per heavy atom. The third-order valence-corrected chi connectivity index (χ3v) is 6.07. The van der Waals surface area contributed by atoms with E-state index >= 15 is 0 Å². The summed E-state index contributed by atoms with van der Waals surface area (Å²) in [6.07, 6.45) is 0.929. The van der Waals surface area contributed by atoms with Crippen LogP contribution < -0.4 is 4.74 Å². The molecule has 1 heterocycles. The standard InChI is InChI=1S/C30H23NO4/c32-28-25-13-7-8-14-26(25)29(33)31(28)27(20-22-11-5-2-6-12-22)30(34)35-24-17-15-23(16-18-24)19-21-9-3-1-4-10-21/h1-18,27H,19-20H2. The van der Waals surface area contributed by atoms with Crippen LogP contribution in [0.15, 0.2) is 109 Å². The van der Waals surface area contributed by atoms with E-state index in [0.717, 1.165) is 22.4 Å². The van der Waals surface area contributed by atoms with Crippen molar-refractivity contribution < 1.29 is 19.1 Å². The summed E-state index contributed by atoms with van der Waals surface area (Å²) in [6, 6.07) is 32.2. The lowest BCUT2D eigenvalue weighted by molar-refractivity contribution is -0.138. The number of benzene rings is 4. The van der Waals surface area contributed by atoms with E-state index in [-0.39, 0.29) is 6.42 Å². The number of fused-ring (bicyclic) bond motifs is 1. The van der Waals surface area contributed by atoms with Gasteiger partial charge in [0.2, 0.25) is 0 Å². The molecule has 1 atom stereocenters. The number of carbonyl (C=O) groups excluding carboxylic acids is 3. The molecule has 4 aromatic carbocycles. The summed E-state index contributed by atoms with van der Waals surface area (Å²) in [7, 11) is 0. The average molecular weight is 462 g/mol. The zero-order chi connectivity index (χ0) is 24.2. The number of carbonyl (C=O) groups is 3. The van der Waals surface area contributed by atoms with Crippen LogP contribution in [0.2, 0.25) is 0 Å². The molecule has 5 rings (SSSR count). The molecule has 1 unspecified atom stereocenters. The van der Waals surface area contributed by atoms with E-state index in [9.17, 15) is 14.4 Å². The first-order valence-corrected chi connectivity index (χ1v) is 11.5. The van der Waals surface area contributed by atoms with E-state index in [0.29, 0.717) is 16.9 Å². The van der Waals surface area contributed by atoms with Gasteiger partial charge >= 0.3 is 5.97 Å². The van der Waals surface area contributed by atoms with Gasteiger partial charge in [-0.05, 0) is 47.4 Å². The van der Waals surface area contributed by atoms with Crippen LogP contribution in [-0.2, 0) is 17.6 Å². The van der Waals surface area contributed by atoms with Crippen LogP contribution in [0.25, 0.3) is 0 Å². The topological polar surface area (TPSA) is 63.7 Å². The third kappa shape index (κ3) is 4.75. The molecule has 172 valence electrons. The van der Waals surface area contributed by atoms with Crippen molar-refractivity contribution in [2.75, 3.05) is 0 Å². The Labute approximate surface area is 203 Å². The second-order valence-electron chi connectivity index (χ2n) is 8.46. The Kier molecular flexibility index (Phi) is 6.22. The van der Waals surface area contributed by atoms with Crippen molar-refractivity contribution in [3.05, 3.63) is 137 Å². The molecule has 5 nitrogen and oxygen atoms in total. The highest BCUT2D eigenvalue weighted by molar-refractivity contribution is 6.22. The number of esters is 1. The monoisotopic (exact) mass is 461 g/mol. The Morgan fingerprint density at radius 1 is 0.629 bits per heavy atom. The fraction of sp³-hybridized carbons (Fsp3) is 0.100. The summed E-state index contributed by atoms with van der Waals surface area (Å²) in [5, 5.41) is 0. The van der Waals surface area contributed by atoms with Gasteiger partial charge in [0.15, 0.2) is 0 Å². The van der Waals surface area contributed by atoms with Crippen molar-refractivity contribution >= 4 is 17.8 Å². The lowest BCUT2D eigenvalue weighted by Gasteiger charge is -2.24. The van der Waals surface area contributed by atoms with Crippen molar-refractivity contribution in [2.45, 2.75) is 18.9 Å². The maximum Gasteiger partial charge on any atom is 0.335 e. The Hall–Kier alpha value is -4.51. The van der Waals surface area contributed by atoms with Gasteiger partial charge in [-0.15, -0.1) is 0 Å².